The van der Waals surface area contributed by atoms with Crippen molar-refractivity contribution in [1.29, 1.82) is 5.26 Å². The summed E-state index contributed by atoms with van der Waals surface area (Å²) in [6.07, 6.45) is 0. The normalized spacial score (nSPS) is 13.8. The zero-order chi connectivity index (χ0) is 13.8. The molecule has 4 heteroatoms. The van der Waals surface area contributed by atoms with Crippen LogP contribution in [0.5, 0.6) is 0 Å². The van der Waals surface area contributed by atoms with Gasteiger partial charge in [0.2, 0.25) is 0 Å². The smallest absolute Gasteiger partial charge is 0.0991 e. The molecule has 19 heavy (non-hydrogen) atoms. The molecule has 1 N–H and O–H groups in total. The van der Waals surface area contributed by atoms with Gasteiger partial charge in [-0.05, 0) is 43.7 Å². The van der Waals surface area contributed by atoms with Crippen molar-refractivity contribution in [1.82, 2.24) is 5.32 Å². The van der Waals surface area contributed by atoms with Crippen LogP contribution < -0.4 is 5.32 Å². The van der Waals surface area contributed by atoms with Crippen LogP contribution in [0.25, 0.3) is 0 Å². The summed E-state index contributed by atoms with van der Waals surface area (Å²) in [6, 6.07) is 14.3. The van der Waals surface area contributed by atoms with Crippen LogP contribution >= 0.6 is 22.9 Å². The SMILES string of the molecule is CC(NC(C)c1ccc(Cl)s1)c1ccc(C#N)cc1. The highest BCUT2D eigenvalue weighted by Crippen LogP contribution is 2.28. The van der Waals surface area contributed by atoms with Crippen LogP contribution in [0.4, 0.5) is 0 Å². The van der Waals surface area contributed by atoms with Crippen molar-refractivity contribution in [2.45, 2.75) is 25.9 Å². The number of halogens is 1. The maximum atomic E-state index is 8.79. The van der Waals surface area contributed by atoms with Gasteiger partial charge in [0.05, 0.1) is 16.0 Å². The minimum atomic E-state index is 0.226. The average molecular weight is 291 g/mol. The highest BCUT2D eigenvalue weighted by molar-refractivity contribution is 7.16. The lowest BCUT2D eigenvalue weighted by molar-refractivity contribution is 0.500. The molecule has 0 aliphatic carbocycles. The second-order valence-electron chi connectivity index (χ2n) is 4.49. The predicted octanol–water partition coefficient (Wildman–Crippen LogP) is 4.68. The molecule has 0 fully saturated rings. The van der Waals surface area contributed by atoms with Crippen LogP contribution in [-0.2, 0) is 0 Å². The number of thiophene rings is 1. The van der Waals surface area contributed by atoms with E-state index in [0.29, 0.717) is 5.56 Å². The van der Waals surface area contributed by atoms with E-state index in [9.17, 15) is 0 Å². The second-order valence-corrected chi connectivity index (χ2v) is 6.23. The van der Waals surface area contributed by atoms with Crippen molar-refractivity contribution in [3.8, 4) is 6.07 Å². The third-order valence-corrected chi connectivity index (χ3v) is 4.47. The van der Waals surface area contributed by atoms with Crippen molar-refractivity contribution in [2.75, 3.05) is 0 Å². The van der Waals surface area contributed by atoms with E-state index in [1.165, 1.54) is 10.4 Å². The Bertz CT molecular complexity index is 583. The van der Waals surface area contributed by atoms with E-state index >= 15 is 0 Å². The summed E-state index contributed by atoms with van der Waals surface area (Å²) in [6.45, 7) is 4.25. The Morgan fingerprint density at radius 1 is 1.11 bits per heavy atom. The van der Waals surface area contributed by atoms with E-state index < -0.39 is 0 Å². The highest BCUT2D eigenvalue weighted by Gasteiger charge is 2.12. The monoisotopic (exact) mass is 290 g/mol. The van der Waals surface area contributed by atoms with Crippen LogP contribution in [0.1, 0.15) is 41.9 Å². The Balaban J connectivity index is 2.04. The molecule has 2 unspecified atom stereocenters. The molecule has 2 atom stereocenters. The average Bonchev–Trinajstić information content (AvgIpc) is 2.85. The van der Waals surface area contributed by atoms with Crippen molar-refractivity contribution >= 4 is 22.9 Å². The quantitative estimate of drug-likeness (QED) is 0.887. The summed E-state index contributed by atoms with van der Waals surface area (Å²) in [7, 11) is 0. The lowest BCUT2D eigenvalue weighted by Crippen LogP contribution is -2.21. The van der Waals surface area contributed by atoms with Crippen molar-refractivity contribution in [2.24, 2.45) is 0 Å². The van der Waals surface area contributed by atoms with Crippen LogP contribution in [0.2, 0.25) is 4.34 Å². The van der Waals surface area contributed by atoms with Gasteiger partial charge in [0.25, 0.3) is 0 Å². The van der Waals surface area contributed by atoms with E-state index in [4.69, 9.17) is 16.9 Å². The zero-order valence-electron chi connectivity index (χ0n) is 10.9. The first kappa shape index (κ1) is 14.1. The minimum Gasteiger partial charge on any atom is -0.303 e. The zero-order valence-corrected chi connectivity index (χ0v) is 12.4. The van der Waals surface area contributed by atoms with Gasteiger partial charge in [0, 0.05) is 17.0 Å². The number of benzene rings is 1. The third-order valence-electron chi connectivity index (χ3n) is 3.06. The maximum absolute atomic E-state index is 8.79. The molecule has 0 saturated heterocycles. The van der Waals surface area contributed by atoms with Crippen molar-refractivity contribution < 1.29 is 0 Å². The van der Waals surface area contributed by atoms with Gasteiger partial charge in [0.1, 0.15) is 0 Å². The molecule has 0 amide bonds. The lowest BCUT2D eigenvalue weighted by atomic mass is 10.1. The van der Waals surface area contributed by atoms with Crippen LogP contribution in [0.3, 0.4) is 0 Å². The highest BCUT2D eigenvalue weighted by atomic mass is 35.5. The lowest BCUT2D eigenvalue weighted by Gasteiger charge is -2.19. The predicted molar refractivity (Wildman–Crippen MR) is 80.5 cm³/mol. The molecule has 1 aromatic carbocycles. The van der Waals surface area contributed by atoms with Crippen LogP contribution in [0, 0.1) is 11.3 Å². The molecule has 2 nitrogen and oxygen atoms in total. The first-order chi connectivity index (χ1) is 9.10. The molecule has 0 radical (unpaired) electrons. The summed E-state index contributed by atoms with van der Waals surface area (Å²) in [4.78, 5) is 1.23. The third kappa shape index (κ3) is 3.57. The van der Waals surface area contributed by atoms with Gasteiger partial charge in [-0.15, -0.1) is 11.3 Å². The molecule has 0 bridgehead atoms. The molecule has 1 heterocycles. The molecule has 1 aromatic heterocycles. The van der Waals surface area contributed by atoms with Gasteiger partial charge in [0.15, 0.2) is 0 Å². The number of nitriles is 1. The van der Waals surface area contributed by atoms with Crippen LogP contribution in [0.15, 0.2) is 36.4 Å². The fourth-order valence-corrected chi connectivity index (χ4v) is 3.03. The molecule has 0 saturated carbocycles. The molecular weight excluding hydrogens is 276 g/mol. The summed E-state index contributed by atoms with van der Waals surface area (Å²) < 4.78 is 0.815. The first-order valence-electron chi connectivity index (χ1n) is 6.11. The Morgan fingerprint density at radius 2 is 1.79 bits per heavy atom. The molecular formula is C15H15ClN2S. The summed E-state index contributed by atoms with van der Waals surface area (Å²) in [5.41, 5.74) is 1.86. The Hall–Kier alpha value is -1.34. The topological polar surface area (TPSA) is 35.8 Å². The minimum absolute atomic E-state index is 0.226. The van der Waals surface area contributed by atoms with Gasteiger partial charge in [-0.1, -0.05) is 23.7 Å². The van der Waals surface area contributed by atoms with E-state index in [2.05, 4.69) is 31.3 Å². The maximum Gasteiger partial charge on any atom is 0.0991 e. The van der Waals surface area contributed by atoms with E-state index in [-0.39, 0.29) is 12.1 Å². The first-order valence-corrected chi connectivity index (χ1v) is 7.31. The molecule has 0 aliphatic heterocycles. The molecule has 2 aromatic rings. The summed E-state index contributed by atoms with van der Waals surface area (Å²) in [5, 5.41) is 12.3. The summed E-state index contributed by atoms with van der Waals surface area (Å²) in [5.74, 6) is 0. The Labute approximate surface area is 122 Å². The molecule has 98 valence electrons. The van der Waals surface area contributed by atoms with Gasteiger partial charge in [-0.25, -0.2) is 0 Å². The Kier molecular flexibility index (Phi) is 4.60. The van der Waals surface area contributed by atoms with Gasteiger partial charge in [-0.3, -0.25) is 0 Å². The molecule has 2 rings (SSSR count). The Morgan fingerprint density at radius 3 is 2.32 bits per heavy atom. The van der Waals surface area contributed by atoms with E-state index in [0.717, 1.165) is 4.34 Å². The number of hydrogen-bond acceptors (Lipinski definition) is 3. The molecule has 0 aliphatic rings. The van der Waals surface area contributed by atoms with Gasteiger partial charge >= 0.3 is 0 Å². The molecule has 0 spiro atoms. The second kappa shape index (κ2) is 6.21. The number of nitrogens with zero attached hydrogens (tertiary/aromatic N) is 1. The fourth-order valence-electron chi connectivity index (χ4n) is 1.96. The number of nitrogens with one attached hydrogen (secondary N) is 1. The van der Waals surface area contributed by atoms with Gasteiger partial charge in [-0.2, -0.15) is 5.26 Å². The fraction of sp³-hybridized carbons (Fsp3) is 0.267. The van der Waals surface area contributed by atoms with Gasteiger partial charge < -0.3 is 5.32 Å². The van der Waals surface area contributed by atoms with Crippen molar-refractivity contribution in [3.05, 3.63) is 56.7 Å². The summed E-state index contributed by atoms with van der Waals surface area (Å²) >= 11 is 7.55. The number of hydrogen-bond donors (Lipinski definition) is 1. The van der Waals surface area contributed by atoms with E-state index in [1.807, 2.05) is 30.3 Å². The number of rotatable bonds is 4. The standard InChI is InChI=1S/C15H15ClN2S/c1-10(13-5-3-12(9-17)4-6-13)18-11(2)14-7-8-15(16)19-14/h3-8,10-11,18H,1-2H3. The van der Waals surface area contributed by atoms with E-state index in [1.54, 1.807) is 11.3 Å². The van der Waals surface area contributed by atoms with Crippen molar-refractivity contribution in [3.63, 3.8) is 0 Å². The van der Waals surface area contributed by atoms with Crippen LogP contribution in [-0.4, -0.2) is 0 Å². The largest absolute Gasteiger partial charge is 0.303 e.